The molecule has 22 heavy (non-hydrogen) atoms. The van der Waals surface area contributed by atoms with Crippen molar-refractivity contribution in [1.29, 1.82) is 0 Å². The van der Waals surface area contributed by atoms with E-state index in [-0.39, 0.29) is 0 Å². The van der Waals surface area contributed by atoms with Gasteiger partial charge in [-0.15, -0.1) is 0 Å². The molecule has 5 nitrogen and oxygen atoms in total. The van der Waals surface area contributed by atoms with Crippen LogP contribution in [0.25, 0.3) is 0 Å². The molecule has 0 aromatic rings. The first kappa shape index (κ1) is 17.9. The van der Waals surface area contributed by atoms with Gasteiger partial charge in [0, 0.05) is 44.5 Å². The summed E-state index contributed by atoms with van der Waals surface area (Å²) < 4.78 is 5.77. The van der Waals surface area contributed by atoms with Crippen LogP contribution in [0.15, 0.2) is 4.99 Å². The quantitative estimate of drug-likeness (QED) is 0.570. The van der Waals surface area contributed by atoms with Crippen molar-refractivity contribution in [3.63, 3.8) is 0 Å². The van der Waals surface area contributed by atoms with E-state index in [1.165, 1.54) is 18.6 Å². The summed E-state index contributed by atoms with van der Waals surface area (Å²) in [7, 11) is 1.85. The normalized spacial score (nSPS) is 28.6. The molecule has 0 aliphatic carbocycles. The number of rotatable bonds is 6. The summed E-state index contributed by atoms with van der Waals surface area (Å²) in [5.41, 5.74) is 0. The summed E-state index contributed by atoms with van der Waals surface area (Å²) in [6.45, 7) is 11.6. The molecule has 0 radical (unpaired) electrons. The average molecular weight is 329 g/mol. The van der Waals surface area contributed by atoms with Gasteiger partial charge in [0.15, 0.2) is 5.96 Å². The maximum atomic E-state index is 5.40. The van der Waals surface area contributed by atoms with Crippen molar-refractivity contribution in [1.82, 2.24) is 15.5 Å². The van der Waals surface area contributed by atoms with Gasteiger partial charge in [-0.3, -0.25) is 9.89 Å². The van der Waals surface area contributed by atoms with Crippen molar-refractivity contribution in [2.24, 2.45) is 10.9 Å². The van der Waals surface area contributed by atoms with Gasteiger partial charge >= 0.3 is 0 Å². The average Bonchev–Trinajstić information content (AvgIpc) is 2.95. The van der Waals surface area contributed by atoms with Crippen LogP contribution in [0.2, 0.25) is 0 Å². The Morgan fingerprint density at radius 1 is 1.36 bits per heavy atom. The van der Waals surface area contributed by atoms with Crippen LogP contribution in [0.3, 0.4) is 0 Å². The fourth-order valence-electron chi connectivity index (χ4n) is 3.03. The zero-order chi connectivity index (χ0) is 15.8. The predicted octanol–water partition coefficient (Wildman–Crippen LogP) is 1.41. The minimum Gasteiger partial charge on any atom is -0.379 e. The molecule has 128 valence electrons. The molecule has 0 amide bonds. The van der Waals surface area contributed by atoms with Crippen molar-refractivity contribution >= 4 is 17.7 Å². The van der Waals surface area contributed by atoms with E-state index < -0.39 is 0 Å². The molecular formula is C16H32N4OS. The largest absolute Gasteiger partial charge is 0.379 e. The Morgan fingerprint density at radius 2 is 2.14 bits per heavy atom. The third-order valence-corrected chi connectivity index (χ3v) is 5.98. The summed E-state index contributed by atoms with van der Waals surface area (Å²) in [6.07, 6.45) is 2.64. The highest BCUT2D eigenvalue weighted by Gasteiger charge is 2.29. The van der Waals surface area contributed by atoms with Crippen LogP contribution in [0.1, 0.15) is 26.7 Å². The Morgan fingerprint density at radius 3 is 2.77 bits per heavy atom. The summed E-state index contributed by atoms with van der Waals surface area (Å²) in [6, 6.07) is 0. The zero-order valence-corrected chi connectivity index (χ0v) is 15.2. The van der Waals surface area contributed by atoms with E-state index >= 15 is 0 Å². The number of thioether (sulfide) groups is 1. The van der Waals surface area contributed by atoms with E-state index in [0.717, 1.165) is 51.9 Å². The molecule has 2 fully saturated rings. The molecule has 0 aromatic carbocycles. The molecule has 2 aliphatic rings. The first-order valence-electron chi connectivity index (χ1n) is 8.50. The van der Waals surface area contributed by atoms with E-state index in [0.29, 0.717) is 10.7 Å². The number of nitrogens with one attached hydrogen (secondary N) is 2. The Hall–Kier alpha value is -0.460. The van der Waals surface area contributed by atoms with E-state index in [1.807, 2.05) is 7.05 Å². The van der Waals surface area contributed by atoms with Gasteiger partial charge in [-0.25, -0.2) is 0 Å². The lowest BCUT2D eigenvalue weighted by Crippen LogP contribution is -2.46. The van der Waals surface area contributed by atoms with Crippen LogP contribution in [0.4, 0.5) is 0 Å². The number of nitrogens with zero attached hydrogens (tertiary/aromatic N) is 2. The molecule has 2 atom stereocenters. The number of hydrogen-bond acceptors (Lipinski definition) is 4. The number of aliphatic imine (C=N–C) groups is 1. The highest BCUT2D eigenvalue weighted by molar-refractivity contribution is 8.00. The monoisotopic (exact) mass is 328 g/mol. The van der Waals surface area contributed by atoms with Crippen LogP contribution in [-0.2, 0) is 4.74 Å². The third-order valence-electron chi connectivity index (χ3n) is 4.45. The number of guanidine groups is 1. The third kappa shape index (κ3) is 5.97. The molecule has 2 saturated heterocycles. The lowest BCUT2D eigenvalue weighted by molar-refractivity contribution is 0.0320. The number of ether oxygens (including phenoxy) is 1. The summed E-state index contributed by atoms with van der Waals surface area (Å²) in [5.74, 6) is 2.83. The Kier molecular flexibility index (Phi) is 7.31. The van der Waals surface area contributed by atoms with Gasteiger partial charge in [-0.05, 0) is 31.4 Å². The summed E-state index contributed by atoms with van der Waals surface area (Å²) in [5, 5.41) is 6.97. The van der Waals surface area contributed by atoms with Crippen LogP contribution in [0.5, 0.6) is 0 Å². The van der Waals surface area contributed by atoms with Crippen molar-refractivity contribution in [3.05, 3.63) is 0 Å². The second-order valence-corrected chi connectivity index (χ2v) is 8.41. The maximum Gasteiger partial charge on any atom is 0.191 e. The van der Waals surface area contributed by atoms with Crippen molar-refractivity contribution in [2.45, 2.75) is 31.4 Å². The van der Waals surface area contributed by atoms with E-state index in [4.69, 9.17) is 4.74 Å². The molecule has 2 N–H and O–H groups in total. The first-order chi connectivity index (χ1) is 10.6. The molecule has 0 spiro atoms. The Bertz CT molecular complexity index is 352. The van der Waals surface area contributed by atoms with Crippen molar-refractivity contribution in [3.8, 4) is 0 Å². The van der Waals surface area contributed by atoms with E-state index in [1.54, 1.807) is 0 Å². The smallest absolute Gasteiger partial charge is 0.191 e. The van der Waals surface area contributed by atoms with Gasteiger partial charge in [0.2, 0.25) is 0 Å². The Balaban J connectivity index is 1.64. The topological polar surface area (TPSA) is 48.9 Å². The number of morpholine rings is 1. The second kappa shape index (κ2) is 8.99. The van der Waals surface area contributed by atoms with Gasteiger partial charge in [0.05, 0.1) is 13.2 Å². The number of hydrogen-bond donors (Lipinski definition) is 2. The maximum absolute atomic E-state index is 5.40. The molecule has 0 saturated carbocycles. The molecule has 0 aromatic heterocycles. The fraction of sp³-hybridized carbons (Fsp3) is 0.938. The van der Waals surface area contributed by atoms with Gasteiger partial charge in [0.1, 0.15) is 0 Å². The SMILES string of the molecule is CN=C(NCC(C)CN1CCOCC1)NCC1(C)CCCS1. The summed E-state index contributed by atoms with van der Waals surface area (Å²) >= 11 is 2.08. The van der Waals surface area contributed by atoms with Gasteiger partial charge in [0.25, 0.3) is 0 Å². The molecular weight excluding hydrogens is 296 g/mol. The lowest BCUT2D eigenvalue weighted by atomic mass is 10.1. The molecule has 2 unspecified atom stereocenters. The van der Waals surface area contributed by atoms with E-state index in [9.17, 15) is 0 Å². The van der Waals surface area contributed by atoms with Gasteiger partial charge < -0.3 is 15.4 Å². The van der Waals surface area contributed by atoms with Crippen LogP contribution < -0.4 is 10.6 Å². The van der Waals surface area contributed by atoms with Crippen LogP contribution in [-0.4, -0.2) is 74.3 Å². The van der Waals surface area contributed by atoms with Crippen LogP contribution in [0, 0.1) is 5.92 Å². The summed E-state index contributed by atoms with van der Waals surface area (Å²) in [4.78, 5) is 6.84. The minimum atomic E-state index is 0.372. The second-order valence-electron chi connectivity index (χ2n) is 6.73. The standard InChI is InChI=1S/C16H32N4OS/c1-14(12-20-6-8-21-9-7-20)11-18-15(17-3)19-13-16(2)5-4-10-22-16/h14H,4-13H2,1-3H3,(H2,17,18,19). The predicted molar refractivity (Wildman–Crippen MR) is 95.9 cm³/mol. The first-order valence-corrected chi connectivity index (χ1v) is 9.48. The van der Waals surface area contributed by atoms with Gasteiger partial charge in [-0.1, -0.05) is 6.92 Å². The van der Waals surface area contributed by atoms with Crippen molar-refractivity contribution in [2.75, 3.05) is 58.7 Å². The molecule has 6 heteroatoms. The molecule has 2 aliphatic heterocycles. The minimum absolute atomic E-state index is 0.372. The lowest BCUT2D eigenvalue weighted by Gasteiger charge is -2.29. The highest BCUT2D eigenvalue weighted by Crippen LogP contribution is 2.36. The molecule has 0 bridgehead atoms. The van der Waals surface area contributed by atoms with E-state index in [2.05, 4.69) is 46.1 Å². The van der Waals surface area contributed by atoms with Crippen molar-refractivity contribution < 1.29 is 4.74 Å². The highest BCUT2D eigenvalue weighted by atomic mass is 32.2. The fourth-order valence-corrected chi connectivity index (χ4v) is 4.27. The van der Waals surface area contributed by atoms with Gasteiger partial charge in [-0.2, -0.15) is 11.8 Å². The van der Waals surface area contributed by atoms with Crippen LogP contribution >= 0.6 is 11.8 Å². The zero-order valence-electron chi connectivity index (χ0n) is 14.4. The molecule has 2 heterocycles. The Labute approximate surface area is 139 Å². The molecule has 2 rings (SSSR count).